The van der Waals surface area contributed by atoms with Crippen molar-refractivity contribution in [3.05, 3.63) is 0 Å². The van der Waals surface area contributed by atoms with Gasteiger partial charge in [-0.05, 0) is 73.0 Å². The van der Waals surface area contributed by atoms with Gasteiger partial charge in [0.05, 0.1) is 0 Å². The van der Waals surface area contributed by atoms with Crippen LogP contribution in [0, 0.1) is 0 Å². The van der Waals surface area contributed by atoms with Gasteiger partial charge in [-0.25, -0.2) is 4.79 Å². The van der Waals surface area contributed by atoms with Crippen molar-refractivity contribution in [3.63, 3.8) is 0 Å². The summed E-state index contributed by atoms with van der Waals surface area (Å²) in [6, 6.07) is 0.678. The van der Waals surface area contributed by atoms with Gasteiger partial charge < -0.3 is 25.2 Å². The van der Waals surface area contributed by atoms with Gasteiger partial charge in [-0.1, -0.05) is 13.8 Å². The Labute approximate surface area is 195 Å². The number of carbonyl (C=O) groups is 1. The molecule has 0 aromatic carbocycles. The normalized spacial score (nSPS) is 15.5. The van der Waals surface area contributed by atoms with Gasteiger partial charge in [0.25, 0.3) is 0 Å². The number of guanidine groups is 1. The fraction of sp³-hybridized carbons (Fsp3) is 0.905. The molecule has 1 aliphatic rings. The maximum Gasteiger partial charge on any atom is 0.410 e. The minimum absolute atomic E-state index is 0. The number of hydrogen-bond acceptors (Lipinski definition) is 4. The van der Waals surface area contributed by atoms with Gasteiger partial charge in [0.1, 0.15) is 5.60 Å². The third kappa shape index (κ3) is 12.5. The van der Waals surface area contributed by atoms with E-state index in [0.29, 0.717) is 25.2 Å². The van der Waals surface area contributed by atoms with Crippen molar-refractivity contribution in [2.45, 2.75) is 84.9 Å². The van der Waals surface area contributed by atoms with Crippen molar-refractivity contribution >= 4 is 36.0 Å². The fourth-order valence-electron chi connectivity index (χ4n) is 3.09. The van der Waals surface area contributed by atoms with Crippen molar-refractivity contribution in [1.29, 1.82) is 0 Å². The summed E-state index contributed by atoms with van der Waals surface area (Å²) in [6.07, 6.45) is 4.18. The van der Waals surface area contributed by atoms with Crippen LogP contribution in [0.4, 0.5) is 4.79 Å². The van der Waals surface area contributed by atoms with Crippen LogP contribution < -0.4 is 10.6 Å². The number of nitrogens with zero attached hydrogens (tertiary/aromatic N) is 3. The number of halogens is 1. The summed E-state index contributed by atoms with van der Waals surface area (Å²) in [7, 11) is 1.78. The maximum absolute atomic E-state index is 12.4. The van der Waals surface area contributed by atoms with Gasteiger partial charge in [0.15, 0.2) is 5.96 Å². The number of carbonyl (C=O) groups excluding carboxylic acids is 1. The van der Waals surface area contributed by atoms with Crippen LogP contribution in [0.5, 0.6) is 0 Å². The molecule has 1 aliphatic carbocycles. The molecule has 7 nitrogen and oxygen atoms in total. The highest BCUT2D eigenvalue weighted by Gasteiger charge is 2.34. The molecular weight excluding hydrogens is 481 g/mol. The molecule has 29 heavy (non-hydrogen) atoms. The molecule has 1 atom stereocenters. The zero-order chi connectivity index (χ0) is 21.2. The number of rotatable bonds is 11. The van der Waals surface area contributed by atoms with E-state index in [1.807, 2.05) is 25.7 Å². The van der Waals surface area contributed by atoms with Crippen molar-refractivity contribution in [2.24, 2.45) is 4.99 Å². The molecule has 0 aromatic heterocycles. The van der Waals surface area contributed by atoms with E-state index in [0.717, 1.165) is 44.9 Å². The predicted molar refractivity (Wildman–Crippen MR) is 132 cm³/mol. The Bertz CT molecular complexity index is 488. The molecular formula is C21H44IN5O2. The summed E-state index contributed by atoms with van der Waals surface area (Å²) in [5.74, 6) is 0.787. The lowest BCUT2D eigenvalue weighted by Crippen LogP contribution is -2.47. The highest BCUT2D eigenvalue weighted by Crippen LogP contribution is 2.28. The Morgan fingerprint density at radius 2 is 1.83 bits per heavy atom. The molecule has 1 saturated carbocycles. The van der Waals surface area contributed by atoms with Gasteiger partial charge >= 0.3 is 6.09 Å². The first-order chi connectivity index (χ1) is 13.2. The van der Waals surface area contributed by atoms with E-state index >= 15 is 0 Å². The lowest BCUT2D eigenvalue weighted by atomic mass is 10.2. The van der Waals surface area contributed by atoms with E-state index in [2.05, 4.69) is 41.3 Å². The standard InChI is InChI=1S/C21H43N5O2.HI/c1-8-25(9-2)15-10-11-17(3)24-19(22-7)23-14-16-26(18-12-13-18)20(27)28-21(4,5)6;/h17-18H,8-16H2,1-7H3,(H2,22,23,24);1H. The number of ether oxygens (including phenoxy) is 1. The summed E-state index contributed by atoms with van der Waals surface area (Å²) in [5.41, 5.74) is -0.462. The number of nitrogens with one attached hydrogen (secondary N) is 2. The second-order valence-electron chi connectivity index (χ2n) is 8.62. The largest absolute Gasteiger partial charge is 0.444 e. The van der Waals surface area contributed by atoms with Crippen LogP contribution in [0.1, 0.15) is 67.2 Å². The van der Waals surface area contributed by atoms with Crippen molar-refractivity contribution in [1.82, 2.24) is 20.4 Å². The van der Waals surface area contributed by atoms with E-state index in [9.17, 15) is 4.79 Å². The Balaban J connectivity index is 0.00000784. The first-order valence-corrected chi connectivity index (χ1v) is 10.9. The maximum atomic E-state index is 12.4. The third-order valence-corrected chi connectivity index (χ3v) is 4.87. The number of hydrogen-bond donors (Lipinski definition) is 2. The first kappa shape index (κ1) is 28.2. The zero-order valence-corrected chi connectivity index (χ0v) is 21.9. The molecule has 1 unspecified atom stereocenters. The molecule has 2 N–H and O–H groups in total. The lowest BCUT2D eigenvalue weighted by Gasteiger charge is -2.28. The van der Waals surface area contributed by atoms with Gasteiger partial charge in [-0.15, -0.1) is 24.0 Å². The van der Waals surface area contributed by atoms with Gasteiger partial charge in [-0.2, -0.15) is 0 Å². The van der Waals surface area contributed by atoms with Gasteiger partial charge in [-0.3, -0.25) is 4.99 Å². The Hall–Kier alpha value is -0.770. The van der Waals surface area contributed by atoms with Crippen LogP contribution in [-0.2, 0) is 4.74 Å². The Morgan fingerprint density at radius 1 is 1.21 bits per heavy atom. The molecule has 1 rings (SSSR count). The predicted octanol–water partition coefficient (Wildman–Crippen LogP) is 3.68. The molecule has 0 heterocycles. The first-order valence-electron chi connectivity index (χ1n) is 10.9. The van der Waals surface area contributed by atoms with Gasteiger partial charge in [0.2, 0.25) is 0 Å². The Morgan fingerprint density at radius 3 is 2.31 bits per heavy atom. The minimum atomic E-state index is -0.462. The highest BCUT2D eigenvalue weighted by molar-refractivity contribution is 14.0. The molecule has 1 fully saturated rings. The van der Waals surface area contributed by atoms with Gasteiger partial charge in [0, 0.05) is 32.2 Å². The van der Waals surface area contributed by atoms with Crippen LogP contribution in [0.25, 0.3) is 0 Å². The van der Waals surface area contributed by atoms with E-state index in [1.54, 1.807) is 7.05 Å². The molecule has 8 heteroatoms. The fourth-order valence-corrected chi connectivity index (χ4v) is 3.09. The van der Waals surface area contributed by atoms with E-state index in [-0.39, 0.29) is 30.1 Å². The summed E-state index contributed by atoms with van der Waals surface area (Å²) >= 11 is 0. The Kier molecular flexibility index (Phi) is 13.9. The van der Waals surface area contributed by atoms with Crippen molar-refractivity contribution < 1.29 is 9.53 Å². The third-order valence-electron chi connectivity index (χ3n) is 4.87. The second kappa shape index (κ2) is 14.3. The average Bonchev–Trinajstić information content (AvgIpc) is 3.44. The SMILES string of the molecule is CCN(CC)CCCC(C)NC(=NC)NCCN(C(=O)OC(C)(C)C)C1CC1.I. The van der Waals surface area contributed by atoms with Crippen molar-refractivity contribution in [2.75, 3.05) is 39.8 Å². The quantitative estimate of drug-likeness (QED) is 0.245. The van der Waals surface area contributed by atoms with E-state index in [1.165, 1.54) is 6.42 Å². The van der Waals surface area contributed by atoms with Crippen LogP contribution in [0.15, 0.2) is 4.99 Å². The summed E-state index contributed by atoms with van der Waals surface area (Å²) in [6.45, 7) is 16.9. The highest BCUT2D eigenvalue weighted by atomic mass is 127. The number of amides is 1. The van der Waals surface area contributed by atoms with Crippen LogP contribution in [0.3, 0.4) is 0 Å². The van der Waals surface area contributed by atoms with Crippen LogP contribution >= 0.6 is 24.0 Å². The smallest absolute Gasteiger partial charge is 0.410 e. The number of aliphatic imine (C=N–C) groups is 1. The molecule has 0 saturated heterocycles. The molecule has 0 aliphatic heterocycles. The van der Waals surface area contributed by atoms with Crippen LogP contribution in [-0.4, -0.2) is 79.3 Å². The molecule has 0 spiro atoms. The summed E-state index contributed by atoms with van der Waals surface area (Å²) < 4.78 is 5.54. The molecule has 0 aromatic rings. The second-order valence-corrected chi connectivity index (χ2v) is 8.62. The molecule has 0 bridgehead atoms. The monoisotopic (exact) mass is 525 g/mol. The van der Waals surface area contributed by atoms with E-state index < -0.39 is 5.60 Å². The summed E-state index contributed by atoms with van der Waals surface area (Å²) in [5, 5.41) is 6.78. The van der Waals surface area contributed by atoms with E-state index in [4.69, 9.17) is 4.74 Å². The molecule has 1 amide bonds. The average molecular weight is 526 g/mol. The lowest BCUT2D eigenvalue weighted by molar-refractivity contribution is 0.0238. The minimum Gasteiger partial charge on any atom is -0.444 e. The zero-order valence-electron chi connectivity index (χ0n) is 19.6. The van der Waals surface area contributed by atoms with Crippen LogP contribution in [0.2, 0.25) is 0 Å². The molecule has 0 radical (unpaired) electrons. The topological polar surface area (TPSA) is 69.2 Å². The van der Waals surface area contributed by atoms with Crippen molar-refractivity contribution in [3.8, 4) is 0 Å². The molecule has 172 valence electrons. The summed E-state index contributed by atoms with van der Waals surface area (Å²) in [4.78, 5) is 21.0.